The summed E-state index contributed by atoms with van der Waals surface area (Å²) in [6, 6.07) is 4.30. The smallest absolute Gasteiger partial charge is 0.147 e. The average Bonchev–Trinajstić information content (AvgIpc) is 3.14. The van der Waals surface area contributed by atoms with Crippen LogP contribution in [0.4, 0.5) is 10.2 Å². The van der Waals surface area contributed by atoms with Crippen molar-refractivity contribution in [2.24, 2.45) is 13.0 Å². The summed E-state index contributed by atoms with van der Waals surface area (Å²) in [6.45, 7) is 0.598. The Morgan fingerprint density at radius 1 is 1.45 bits per heavy atom. The molecule has 106 valence electrons. The average molecular weight is 296 g/mol. The van der Waals surface area contributed by atoms with Gasteiger partial charge >= 0.3 is 0 Å². The van der Waals surface area contributed by atoms with Gasteiger partial charge in [-0.3, -0.25) is 4.68 Å². The van der Waals surface area contributed by atoms with Crippen LogP contribution in [-0.2, 0) is 7.05 Å². The Labute approximate surface area is 121 Å². The molecule has 0 amide bonds. The van der Waals surface area contributed by atoms with Crippen LogP contribution in [0.25, 0.3) is 11.3 Å². The van der Waals surface area contributed by atoms with Crippen LogP contribution in [0.2, 0.25) is 5.02 Å². The zero-order chi connectivity index (χ0) is 14.3. The van der Waals surface area contributed by atoms with Gasteiger partial charge in [-0.15, -0.1) is 0 Å². The highest BCUT2D eigenvalue weighted by Gasteiger charge is 2.24. The van der Waals surface area contributed by atoms with E-state index in [-0.39, 0.29) is 5.02 Å². The van der Waals surface area contributed by atoms with E-state index in [1.165, 1.54) is 29.7 Å². The Hall–Kier alpha value is -1.75. The number of rotatable bonds is 4. The summed E-state index contributed by atoms with van der Waals surface area (Å²) in [5.41, 5.74) is 6.85. The summed E-state index contributed by atoms with van der Waals surface area (Å²) >= 11 is 6.10. The molecule has 6 heteroatoms. The summed E-state index contributed by atoms with van der Waals surface area (Å²) < 4.78 is 20.9. The molecule has 1 saturated carbocycles. The monoisotopic (exact) mass is 295 g/mol. The summed E-state index contributed by atoms with van der Waals surface area (Å²) in [4.78, 5) is 0. The number of benzene rings is 1. The lowest BCUT2D eigenvalue weighted by Crippen LogP contribution is -2.02. The van der Waals surface area contributed by atoms with E-state index in [2.05, 4.69) is 5.10 Å². The van der Waals surface area contributed by atoms with Gasteiger partial charge < -0.3 is 10.5 Å². The van der Waals surface area contributed by atoms with Gasteiger partial charge in [0.05, 0.1) is 17.3 Å². The number of nitrogens with zero attached hydrogens (tertiary/aromatic N) is 2. The van der Waals surface area contributed by atoms with Crippen LogP contribution in [0, 0.1) is 11.7 Å². The lowest BCUT2D eigenvalue weighted by molar-refractivity contribution is 0.300. The van der Waals surface area contributed by atoms with Crippen molar-refractivity contribution < 1.29 is 9.13 Å². The third-order valence-corrected chi connectivity index (χ3v) is 3.64. The number of anilines is 1. The van der Waals surface area contributed by atoms with E-state index in [0.29, 0.717) is 35.3 Å². The van der Waals surface area contributed by atoms with Gasteiger partial charge in [0.2, 0.25) is 0 Å². The highest BCUT2D eigenvalue weighted by molar-refractivity contribution is 6.32. The van der Waals surface area contributed by atoms with Crippen molar-refractivity contribution in [3.05, 3.63) is 29.0 Å². The topological polar surface area (TPSA) is 53.1 Å². The van der Waals surface area contributed by atoms with Crippen molar-refractivity contribution in [2.45, 2.75) is 12.8 Å². The van der Waals surface area contributed by atoms with E-state index in [0.717, 1.165) is 0 Å². The molecule has 1 heterocycles. The molecule has 1 aliphatic carbocycles. The van der Waals surface area contributed by atoms with Crippen molar-refractivity contribution in [3.8, 4) is 17.0 Å². The third kappa shape index (κ3) is 2.58. The van der Waals surface area contributed by atoms with Crippen molar-refractivity contribution in [1.29, 1.82) is 0 Å². The molecule has 0 aliphatic heterocycles. The van der Waals surface area contributed by atoms with Crippen LogP contribution in [0.15, 0.2) is 18.2 Å². The van der Waals surface area contributed by atoms with E-state index >= 15 is 0 Å². The molecule has 1 aromatic carbocycles. The van der Waals surface area contributed by atoms with Gasteiger partial charge in [-0.05, 0) is 30.9 Å². The van der Waals surface area contributed by atoms with Gasteiger partial charge in [0.25, 0.3) is 0 Å². The normalized spacial score (nSPS) is 14.6. The molecule has 20 heavy (non-hydrogen) atoms. The predicted molar refractivity (Wildman–Crippen MR) is 76.2 cm³/mol. The molecule has 0 unspecified atom stereocenters. The van der Waals surface area contributed by atoms with Gasteiger partial charge in [-0.25, -0.2) is 4.39 Å². The van der Waals surface area contributed by atoms with E-state index in [1.54, 1.807) is 13.1 Å². The van der Waals surface area contributed by atoms with E-state index in [4.69, 9.17) is 22.1 Å². The molecule has 0 bridgehead atoms. The van der Waals surface area contributed by atoms with Gasteiger partial charge in [0.1, 0.15) is 17.4 Å². The number of hydrogen-bond donors (Lipinski definition) is 1. The Morgan fingerprint density at radius 3 is 2.80 bits per heavy atom. The first-order chi connectivity index (χ1) is 9.54. The first-order valence-electron chi connectivity index (χ1n) is 6.46. The van der Waals surface area contributed by atoms with Crippen molar-refractivity contribution in [3.63, 3.8) is 0 Å². The van der Waals surface area contributed by atoms with Crippen LogP contribution < -0.4 is 10.5 Å². The highest BCUT2D eigenvalue weighted by atomic mass is 35.5. The van der Waals surface area contributed by atoms with Crippen LogP contribution in [0.1, 0.15) is 12.8 Å². The van der Waals surface area contributed by atoms with Gasteiger partial charge in [-0.2, -0.15) is 5.10 Å². The second kappa shape index (κ2) is 4.98. The van der Waals surface area contributed by atoms with E-state index < -0.39 is 5.82 Å². The number of nitrogens with two attached hydrogens (primary N) is 1. The Bertz CT molecular complexity index is 633. The maximum absolute atomic E-state index is 13.6. The molecular formula is C14H15ClFN3O. The number of aryl methyl sites for hydroxylation is 1. The molecule has 0 spiro atoms. The second-order valence-electron chi connectivity index (χ2n) is 5.10. The summed E-state index contributed by atoms with van der Waals surface area (Å²) in [5, 5.41) is 4.51. The molecule has 0 atom stereocenters. The Balaban J connectivity index is 2.01. The standard InChI is InChI=1S/C14H15ClFN3O/c1-19-13(17)6-12(18-19)10-4-9(16)5-11(15)14(10)20-7-8-2-3-8/h4-6,8H,2-3,7,17H2,1H3. The fraction of sp³-hybridized carbons (Fsp3) is 0.357. The molecule has 1 aliphatic rings. The minimum absolute atomic E-state index is 0.255. The fourth-order valence-corrected chi connectivity index (χ4v) is 2.26. The van der Waals surface area contributed by atoms with Crippen LogP contribution in [0.5, 0.6) is 5.75 Å². The zero-order valence-corrected chi connectivity index (χ0v) is 11.8. The molecule has 0 radical (unpaired) electrons. The van der Waals surface area contributed by atoms with Gasteiger partial charge in [0.15, 0.2) is 0 Å². The predicted octanol–water partition coefficient (Wildman–Crippen LogP) is 3.25. The van der Waals surface area contributed by atoms with E-state index in [1.807, 2.05) is 0 Å². The summed E-state index contributed by atoms with van der Waals surface area (Å²) in [6.07, 6.45) is 2.34. The maximum Gasteiger partial charge on any atom is 0.147 e. The Morgan fingerprint density at radius 2 is 2.20 bits per heavy atom. The van der Waals surface area contributed by atoms with Crippen molar-refractivity contribution >= 4 is 17.4 Å². The van der Waals surface area contributed by atoms with Gasteiger partial charge in [-0.1, -0.05) is 11.6 Å². The van der Waals surface area contributed by atoms with Crippen molar-refractivity contribution in [2.75, 3.05) is 12.3 Å². The van der Waals surface area contributed by atoms with Crippen LogP contribution in [0.3, 0.4) is 0 Å². The fourth-order valence-electron chi connectivity index (χ4n) is 2.00. The molecule has 3 rings (SSSR count). The molecular weight excluding hydrogens is 281 g/mol. The van der Waals surface area contributed by atoms with E-state index in [9.17, 15) is 4.39 Å². The molecule has 1 fully saturated rings. The maximum atomic E-state index is 13.6. The summed E-state index contributed by atoms with van der Waals surface area (Å²) in [5.74, 6) is 1.12. The molecule has 1 aromatic heterocycles. The molecule has 0 saturated heterocycles. The number of halogens is 2. The van der Waals surface area contributed by atoms with Crippen molar-refractivity contribution in [1.82, 2.24) is 9.78 Å². The first kappa shape index (κ1) is 13.2. The zero-order valence-electron chi connectivity index (χ0n) is 11.1. The highest BCUT2D eigenvalue weighted by Crippen LogP contribution is 2.39. The lowest BCUT2D eigenvalue weighted by atomic mass is 10.1. The molecule has 2 N–H and O–H groups in total. The lowest BCUT2D eigenvalue weighted by Gasteiger charge is -2.12. The largest absolute Gasteiger partial charge is 0.491 e. The third-order valence-electron chi connectivity index (χ3n) is 3.36. The second-order valence-corrected chi connectivity index (χ2v) is 5.50. The SMILES string of the molecule is Cn1nc(-c2cc(F)cc(Cl)c2OCC2CC2)cc1N. The van der Waals surface area contributed by atoms with Gasteiger partial charge in [0, 0.05) is 18.7 Å². The number of nitrogen functional groups attached to an aromatic ring is 1. The van der Waals surface area contributed by atoms with Crippen LogP contribution in [-0.4, -0.2) is 16.4 Å². The summed E-state index contributed by atoms with van der Waals surface area (Å²) in [7, 11) is 1.73. The number of hydrogen-bond acceptors (Lipinski definition) is 3. The number of ether oxygens (including phenoxy) is 1. The minimum atomic E-state index is -0.423. The molecule has 2 aromatic rings. The molecule has 4 nitrogen and oxygen atoms in total. The quantitative estimate of drug-likeness (QED) is 0.942. The van der Waals surface area contributed by atoms with Crippen LogP contribution >= 0.6 is 11.6 Å². The number of aromatic nitrogens is 2. The Kier molecular flexibility index (Phi) is 3.30. The first-order valence-corrected chi connectivity index (χ1v) is 6.84. The minimum Gasteiger partial charge on any atom is -0.491 e.